The van der Waals surface area contributed by atoms with Crippen LogP contribution in [0.5, 0.6) is 11.5 Å². The Kier molecular flexibility index (Phi) is 15.1. The molecule has 7 unspecified atom stereocenters. The van der Waals surface area contributed by atoms with Gasteiger partial charge in [0, 0.05) is 103 Å². The molecule has 2 bridgehead atoms. The molecule has 1 aromatic heterocycles. The number of Topliss-reactive ketones (excluding diaryl/α,β-unsaturated/α-hetero) is 1. The summed E-state index contributed by atoms with van der Waals surface area (Å²) in [6.45, 7) is 9.37. The first-order chi connectivity index (χ1) is 35.1. The van der Waals surface area contributed by atoms with E-state index in [2.05, 4.69) is 125 Å². The third-order valence-corrected chi connectivity index (χ3v) is 18.7. The number of methoxy groups -OCH3 is 1. The van der Waals surface area contributed by atoms with E-state index in [1.165, 1.54) is 11.6 Å². The van der Waals surface area contributed by atoms with E-state index >= 15 is 9.18 Å². The molecule has 14 heteroatoms. The first kappa shape index (κ1) is 52.2. The molecule has 12 atom stereocenters. The van der Waals surface area contributed by atoms with Crippen molar-refractivity contribution in [3.8, 4) is 22.8 Å². The van der Waals surface area contributed by atoms with E-state index in [0.717, 1.165) is 55.0 Å². The number of benzene rings is 4. The summed E-state index contributed by atoms with van der Waals surface area (Å²) >= 11 is 13.2. The molecule has 0 amide bonds. The van der Waals surface area contributed by atoms with Gasteiger partial charge >= 0.3 is 0 Å². The molecule has 4 aromatic carbocycles. The van der Waals surface area contributed by atoms with Crippen LogP contribution in [0.3, 0.4) is 0 Å². The average Bonchev–Trinajstić information content (AvgIpc) is 4.01. The van der Waals surface area contributed by atoms with E-state index in [1.54, 1.807) is 13.2 Å². The van der Waals surface area contributed by atoms with E-state index < -0.39 is 10.8 Å². The number of hydrogen-bond acceptors (Lipinski definition) is 10. The molecule has 4 aliphatic heterocycles. The predicted molar refractivity (Wildman–Crippen MR) is 290 cm³/mol. The summed E-state index contributed by atoms with van der Waals surface area (Å²) in [5.41, 5.74) is 3.39. The highest BCUT2D eigenvalue weighted by Crippen LogP contribution is 2.63. The third kappa shape index (κ3) is 9.08. The lowest BCUT2D eigenvalue weighted by Gasteiger charge is -2.57. The number of likely N-dealkylation sites (tertiary alicyclic amines) is 2. The largest absolute Gasteiger partial charge is 0.457 e. The number of carbonyl (C=O) groups is 1. The molecular formula is C59H75Cl2FN8O3. The normalized spacial score (nSPS) is 31.5. The van der Waals surface area contributed by atoms with Crippen LogP contribution in [0.25, 0.3) is 11.3 Å². The lowest BCUT2D eigenvalue weighted by atomic mass is 9.54. The van der Waals surface area contributed by atoms with Gasteiger partial charge in [-0.05, 0) is 139 Å². The topological polar surface area (TPSA) is 90.4 Å². The highest BCUT2D eigenvalue weighted by Gasteiger charge is 2.77. The molecule has 5 aromatic rings. The molecular weight excluding hydrogens is 959 g/mol. The van der Waals surface area contributed by atoms with Gasteiger partial charge in [0.15, 0.2) is 5.78 Å². The van der Waals surface area contributed by atoms with Crippen LogP contribution >= 0.6 is 23.2 Å². The smallest absolute Gasteiger partial charge is 0.153 e. The number of hydrogen-bond donors (Lipinski definition) is 2. The molecule has 73 heavy (non-hydrogen) atoms. The minimum Gasteiger partial charge on any atom is -0.457 e. The van der Waals surface area contributed by atoms with Gasteiger partial charge < -0.3 is 29.6 Å². The standard InChI is InChI=1S/C59H75Cl2FN8O3/c1-10-48-54-59-51(30-44(26-39-17-21-42(60)28-46(39)62)68(7)56(59)47(65-54)35-72-9)63-31-36(3)67(6)55-41(25-37-15-13-12-14-16-37)27-52(58(55,11-2)57(59)71)70(48)33-40-18-22-43(61)29-50(40)73-45-23-19-38(20-24-45)49-32-64-53(69(49)8)34-66(4)5/h12-24,28-29,32,36,41,44,47-48,51-52,54-56,63,65H,10-11,25-27,30-31,33-35H2,1-9H3/t36-,41+,44-,47+,48-,51?,52?,54?,55?,56?,58?,59?/m0/s1. The summed E-state index contributed by atoms with van der Waals surface area (Å²) in [6, 6.07) is 29.2. The highest BCUT2D eigenvalue weighted by molar-refractivity contribution is 6.31. The van der Waals surface area contributed by atoms with Crippen molar-refractivity contribution in [2.45, 2.75) is 127 Å². The van der Waals surface area contributed by atoms with Crippen molar-refractivity contribution < 1.29 is 18.7 Å². The lowest BCUT2D eigenvalue weighted by molar-refractivity contribution is -0.154. The van der Waals surface area contributed by atoms with Gasteiger partial charge in [0.1, 0.15) is 23.1 Å². The quantitative estimate of drug-likeness (QED) is 0.106. The molecule has 1 spiro atoms. The first-order valence-electron chi connectivity index (χ1n) is 26.6. The zero-order chi connectivity index (χ0) is 51.5. The van der Waals surface area contributed by atoms with E-state index in [9.17, 15) is 0 Å². The molecule has 1 saturated carbocycles. The zero-order valence-electron chi connectivity index (χ0n) is 44.1. The zero-order valence-corrected chi connectivity index (χ0v) is 45.6. The summed E-state index contributed by atoms with van der Waals surface area (Å²) in [6.07, 6.45) is 6.34. The fraction of sp³-hybridized carbons (Fsp3) is 0.525. The van der Waals surface area contributed by atoms with Crippen LogP contribution in [0.2, 0.25) is 10.0 Å². The molecule has 2 N–H and O–H groups in total. The number of aromatic nitrogens is 2. The van der Waals surface area contributed by atoms with Crippen molar-refractivity contribution in [1.29, 1.82) is 0 Å². The SMILES string of the molecule is CC[C@H]1C2N[C@H](COC)C3N(C)[C@@H](Cc4ccc(Cl)cc4F)CC4NC[C@H](C)N(C)C5[C@H](Cc6ccccc6)CC(N1Cc1ccc(Cl)cc1Oc1ccc(-c6cnc(CN(C)C)n6C)cc1)C5(CC)C(=O)C423. The molecule has 0 radical (unpaired) electrons. The van der Waals surface area contributed by atoms with Gasteiger partial charge in [-0.2, -0.15) is 0 Å². The Morgan fingerprint density at radius 2 is 1.62 bits per heavy atom. The molecule has 390 valence electrons. The number of nitrogens with one attached hydrogen (secondary N) is 2. The van der Waals surface area contributed by atoms with Crippen LogP contribution in [0, 0.1) is 22.6 Å². The van der Waals surface area contributed by atoms with Crippen LogP contribution in [0.4, 0.5) is 4.39 Å². The van der Waals surface area contributed by atoms with Crippen molar-refractivity contribution in [2.24, 2.45) is 23.8 Å². The van der Waals surface area contributed by atoms with Crippen LogP contribution < -0.4 is 15.4 Å². The van der Waals surface area contributed by atoms with Crippen molar-refractivity contribution in [3.63, 3.8) is 0 Å². The van der Waals surface area contributed by atoms with Gasteiger partial charge in [0.25, 0.3) is 0 Å². The van der Waals surface area contributed by atoms with Crippen LogP contribution in [0.1, 0.15) is 69.0 Å². The van der Waals surface area contributed by atoms with E-state index in [-0.39, 0.29) is 66.1 Å². The lowest BCUT2D eigenvalue weighted by Crippen LogP contribution is -2.73. The van der Waals surface area contributed by atoms with Crippen molar-refractivity contribution in [2.75, 3.05) is 48.5 Å². The number of ether oxygens (including phenoxy) is 2. The molecule has 5 fully saturated rings. The Balaban J connectivity index is 1.11. The summed E-state index contributed by atoms with van der Waals surface area (Å²) in [4.78, 5) is 32.2. The number of likely N-dealkylation sites (N-methyl/N-ethyl adjacent to an activating group) is 2. The molecule has 5 aliphatic rings. The van der Waals surface area contributed by atoms with Crippen molar-refractivity contribution in [3.05, 3.63) is 136 Å². The molecule has 11 nitrogen and oxygen atoms in total. The highest BCUT2D eigenvalue weighted by atomic mass is 35.5. The van der Waals surface area contributed by atoms with E-state index in [1.807, 2.05) is 50.6 Å². The Morgan fingerprint density at radius 1 is 0.890 bits per heavy atom. The molecule has 10 rings (SSSR count). The summed E-state index contributed by atoms with van der Waals surface area (Å²) in [5, 5.41) is 9.38. The summed E-state index contributed by atoms with van der Waals surface area (Å²) in [5.74, 6) is 2.66. The minimum absolute atomic E-state index is 0.0509. The van der Waals surface area contributed by atoms with Gasteiger partial charge in [-0.1, -0.05) is 79.5 Å². The van der Waals surface area contributed by atoms with Gasteiger partial charge in [-0.3, -0.25) is 19.5 Å². The van der Waals surface area contributed by atoms with E-state index in [0.29, 0.717) is 65.3 Å². The Bertz CT molecular complexity index is 2760. The Morgan fingerprint density at radius 3 is 2.30 bits per heavy atom. The molecule has 4 saturated heterocycles. The third-order valence-electron chi connectivity index (χ3n) is 18.3. The maximum absolute atomic E-state index is 17.6. The Labute approximate surface area is 442 Å². The summed E-state index contributed by atoms with van der Waals surface area (Å²) < 4.78 is 31.0. The fourth-order valence-corrected chi connectivity index (χ4v) is 15.3. The van der Waals surface area contributed by atoms with Crippen molar-refractivity contribution in [1.82, 2.24) is 39.8 Å². The van der Waals surface area contributed by atoms with Gasteiger partial charge in [-0.15, -0.1) is 0 Å². The maximum Gasteiger partial charge on any atom is 0.153 e. The number of carbonyl (C=O) groups excluding carboxylic acids is 1. The van der Waals surface area contributed by atoms with Crippen LogP contribution in [-0.2, 0) is 42.5 Å². The van der Waals surface area contributed by atoms with Crippen molar-refractivity contribution >= 4 is 29.0 Å². The van der Waals surface area contributed by atoms with Crippen LogP contribution in [-0.4, -0.2) is 138 Å². The molecule has 5 heterocycles. The monoisotopic (exact) mass is 1030 g/mol. The number of nitrogens with zero attached hydrogens (tertiary/aromatic N) is 6. The second-order valence-electron chi connectivity index (χ2n) is 22.3. The minimum atomic E-state index is -0.871. The number of piperidine rings is 1. The van der Waals surface area contributed by atoms with Crippen LogP contribution in [0.15, 0.2) is 97.2 Å². The van der Waals surface area contributed by atoms with Gasteiger partial charge in [-0.25, -0.2) is 9.37 Å². The number of ketones is 1. The predicted octanol–water partition coefficient (Wildman–Crippen LogP) is 9.53. The first-order valence-corrected chi connectivity index (χ1v) is 27.3. The Hall–Kier alpha value is -4.21. The average molecular weight is 1030 g/mol. The van der Waals surface area contributed by atoms with Gasteiger partial charge in [0.05, 0.1) is 35.9 Å². The fourth-order valence-electron chi connectivity index (χ4n) is 15.0. The molecule has 1 aliphatic carbocycles. The second-order valence-corrected chi connectivity index (χ2v) is 23.2. The van der Waals surface area contributed by atoms with Gasteiger partial charge in [0.2, 0.25) is 0 Å². The second kappa shape index (κ2) is 21.1. The maximum atomic E-state index is 17.6. The number of halogens is 3. The summed E-state index contributed by atoms with van der Waals surface area (Å²) in [7, 11) is 12.4. The number of rotatable bonds is 15. The van der Waals surface area contributed by atoms with E-state index in [4.69, 9.17) is 37.7 Å². The number of imidazole rings is 1.